The lowest BCUT2D eigenvalue weighted by atomic mass is 9.66. The maximum absolute atomic E-state index is 7.00. The van der Waals surface area contributed by atoms with Gasteiger partial charge in [0.2, 0.25) is 0 Å². The van der Waals surface area contributed by atoms with Crippen molar-refractivity contribution in [1.82, 2.24) is 4.98 Å². The Bertz CT molecular complexity index is 2730. The maximum atomic E-state index is 7.00. The summed E-state index contributed by atoms with van der Waals surface area (Å²) in [5.74, 6) is 1.70. The van der Waals surface area contributed by atoms with Gasteiger partial charge in [0, 0.05) is 27.6 Å². The van der Waals surface area contributed by atoms with Gasteiger partial charge in [-0.1, -0.05) is 127 Å². The van der Waals surface area contributed by atoms with Crippen molar-refractivity contribution in [3.05, 3.63) is 198 Å². The zero-order chi connectivity index (χ0) is 33.5. The Balaban J connectivity index is 1.18. The first-order valence-electron chi connectivity index (χ1n) is 17.4. The summed E-state index contributed by atoms with van der Waals surface area (Å²) in [5.41, 5.74) is 14.6. The van der Waals surface area contributed by atoms with E-state index < -0.39 is 5.41 Å². The van der Waals surface area contributed by atoms with Crippen molar-refractivity contribution in [2.24, 2.45) is 0 Å². The highest BCUT2D eigenvalue weighted by Gasteiger charge is 2.51. The van der Waals surface area contributed by atoms with Crippen LogP contribution in [0.25, 0.3) is 66.7 Å². The van der Waals surface area contributed by atoms with E-state index in [4.69, 9.17) is 14.1 Å². The van der Waals surface area contributed by atoms with Gasteiger partial charge in [0.15, 0.2) is 0 Å². The molecule has 1 spiro atoms. The van der Waals surface area contributed by atoms with Crippen LogP contribution in [-0.2, 0) is 5.41 Å². The Morgan fingerprint density at radius 2 is 1.00 bits per heavy atom. The standard InChI is InChI=1S/C48H29NO2/c1-3-13-30(14-4-1)33-28-41(31-15-5-2-6-16-31)49-42(29-33)32-23-25-43-36(27-32)46-45(50-43)26-24-40-47(46)51-44-22-12-11-21-39(44)48(40)37-19-9-7-17-34(37)35-18-8-10-20-38(35)48/h1-29H. The quantitative estimate of drug-likeness (QED) is 0.191. The highest BCUT2D eigenvalue weighted by atomic mass is 16.5. The zero-order valence-corrected chi connectivity index (χ0v) is 27.5. The van der Waals surface area contributed by atoms with Crippen LogP contribution in [0.15, 0.2) is 180 Å². The topological polar surface area (TPSA) is 35.3 Å². The number of hydrogen-bond acceptors (Lipinski definition) is 3. The number of para-hydroxylation sites is 1. The molecule has 7 aromatic carbocycles. The van der Waals surface area contributed by atoms with E-state index in [9.17, 15) is 0 Å². The van der Waals surface area contributed by atoms with Crippen molar-refractivity contribution in [2.45, 2.75) is 5.41 Å². The molecule has 3 heteroatoms. The smallest absolute Gasteiger partial charge is 0.143 e. The second kappa shape index (κ2) is 10.6. The van der Waals surface area contributed by atoms with Crippen molar-refractivity contribution in [3.63, 3.8) is 0 Å². The number of ether oxygens (including phenoxy) is 1. The summed E-state index contributed by atoms with van der Waals surface area (Å²) in [5, 5.41) is 1.98. The molecule has 1 aliphatic carbocycles. The van der Waals surface area contributed by atoms with E-state index in [-0.39, 0.29) is 0 Å². The molecule has 1 aliphatic heterocycles. The molecule has 238 valence electrons. The number of aromatic nitrogens is 1. The third kappa shape index (κ3) is 3.97. The van der Waals surface area contributed by atoms with E-state index in [0.29, 0.717) is 0 Å². The molecule has 0 radical (unpaired) electrons. The van der Waals surface area contributed by atoms with Crippen LogP contribution in [0.5, 0.6) is 11.5 Å². The summed E-state index contributed by atoms with van der Waals surface area (Å²) in [7, 11) is 0. The molecule has 0 atom stereocenters. The first kappa shape index (κ1) is 28.2. The lowest BCUT2D eigenvalue weighted by molar-refractivity contribution is 0.441. The molecule has 11 rings (SSSR count). The molecule has 3 nitrogen and oxygen atoms in total. The second-order valence-electron chi connectivity index (χ2n) is 13.4. The number of fused-ring (bicyclic) bond motifs is 13. The molecule has 0 bridgehead atoms. The number of furan rings is 1. The van der Waals surface area contributed by atoms with Gasteiger partial charge in [0.25, 0.3) is 0 Å². The third-order valence-electron chi connectivity index (χ3n) is 10.7. The van der Waals surface area contributed by atoms with E-state index in [0.717, 1.165) is 78.2 Å². The van der Waals surface area contributed by atoms with Gasteiger partial charge in [-0.3, -0.25) is 0 Å². The lowest BCUT2D eigenvalue weighted by Gasteiger charge is -2.39. The predicted molar refractivity (Wildman–Crippen MR) is 205 cm³/mol. The minimum absolute atomic E-state index is 0.539. The van der Waals surface area contributed by atoms with Crippen LogP contribution in [-0.4, -0.2) is 4.98 Å². The molecule has 0 fully saturated rings. The number of hydrogen-bond donors (Lipinski definition) is 0. The van der Waals surface area contributed by atoms with Crippen LogP contribution in [0.4, 0.5) is 0 Å². The van der Waals surface area contributed by atoms with Gasteiger partial charge < -0.3 is 9.15 Å². The van der Waals surface area contributed by atoms with E-state index in [1.165, 1.54) is 22.3 Å². The van der Waals surface area contributed by atoms with Gasteiger partial charge >= 0.3 is 0 Å². The molecular weight excluding hydrogens is 623 g/mol. The summed E-state index contributed by atoms with van der Waals surface area (Å²) >= 11 is 0. The number of rotatable bonds is 3. The fraction of sp³-hybridized carbons (Fsp3) is 0.0208. The number of pyridine rings is 1. The second-order valence-corrected chi connectivity index (χ2v) is 13.4. The Morgan fingerprint density at radius 1 is 0.412 bits per heavy atom. The fourth-order valence-corrected chi connectivity index (χ4v) is 8.57. The Hall–Kier alpha value is -6.71. The summed E-state index contributed by atoms with van der Waals surface area (Å²) in [6, 6.07) is 62.2. The van der Waals surface area contributed by atoms with Crippen LogP contribution >= 0.6 is 0 Å². The van der Waals surface area contributed by atoms with E-state index in [1.54, 1.807) is 0 Å². The van der Waals surface area contributed by atoms with E-state index in [2.05, 4.69) is 170 Å². The van der Waals surface area contributed by atoms with Gasteiger partial charge in [-0.25, -0.2) is 4.98 Å². The molecular formula is C48H29NO2. The van der Waals surface area contributed by atoms with Crippen molar-refractivity contribution >= 4 is 21.9 Å². The maximum Gasteiger partial charge on any atom is 0.143 e. The summed E-state index contributed by atoms with van der Waals surface area (Å²) in [6.45, 7) is 0. The van der Waals surface area contributed by atoms with Crippen LogP contribution < -0.4 is 4.74 Å². The fourth-order valence-electron chi connectivity index (χ4n) is 8.57. The molecule has 0 saturated carbocycles. The van der Waals surface area contributed by atoms with Crippen LogP contribution in [0.3, 0.4) is 0 Å². The normalized spacial score (nSPS) is 13.4. The molecule has 2 aromatic heterocycles. The lowest BCUT2D eigenvalue weighted by Crippen LogP contribution is -2.32. The first-order valence-corrected chi connectivity index (χ1v) is 17.4. The molecule has 2 aliphatic rings. The summed E-state index contributed by atoms with van der Waals surface area (Å²) in [6.07, 6.45) is 0. The van der Waals surface area contributed by atoms with Gasteiger partial charge in [-0.2, -0.15) is 0 Å². The van der Waals surface area contributed by atoms with Crippen molar-refractivity contribution in [1.29, 1.82) is 0 Å². The van der Waals surface area contributed by atoms with E-state index in [1.807, 2.05) is 6.07 Å². The van der Waals surface area contributed by atoms with Crippen LogP contribution in [0.1, 0.15) is 22.3 Å². The highest BCUT2D eigenvalue weighted by molar-refractivity contribution is 6.11. The average Bonchev–Trinajstić information content (AvgIpc) is 3.73. The summed E-state index contributed by atoms with van der Waals surface area (Å²) < 4.78 is 13.6. The minimum atomic E-state index is -0.539. The van der Waals surface area contributed by atoms with Gasteiger partial charge in [-0.15, -0.1) is 0 Å². The van der Waals surface area contributed by atoms with Crippen molar-refractivity contribution < 1.29 is 9.15 Å². The zero-order valence-electron chi connectivity index (χ0n) is 27.5. The largest absolute Gasteiger partial charge is 0.456 e. The Kier molecular flexibility index (Phi) is 5.88. The predicted octanol–water partition coefficient (Wildman–Crippen LogP) is 12.5. The molecule has 9 aromatic rings. The van der Waals surface area contributed by atoms with Gasteiger partial charge in [-0.05, 0) is 81.9 Å². The average molecular weight is 652 g/mol. The Labute approximate surface area is 295 Å². The SMILES string of the molecule is c1ccc(-c2cc(-c3ccccc3)nc(-c3ccc4oc5ccc6c(c5c4c3)Oc3ccccc3C63c4ccccc4-c4ccccc43)c2)cc1. The highest BCUT2D eigenvalue weighted by Crippen LogP contribution is 2.63. The van der Waals surface area contributed by atoms with Crippen LogP contribution in [0.2, 0.25) is 0 Å². The van der Waals surface area contributed by atoms with E-state index >= 15 is 0 Å². The molecule has 0 amide bonds. The molecule has 0 N–H and O–H groups in total. The first-order chi connectivity index (χ1) is 25.3. The number of nitrogens with zero attached hydrogens (tertiary/aromatic N) is 1. The molecule has 51 heavy (non-hydrogen) atoms. The number of benzene rings is 7. The third-order valence-corrected chi connectivity index (χ3v) is 10.7. The van der Waals surface area contributed by atoms with Crippen molar-refractivity contribution in [3.8, 4) is 56.3 Å². The van der Waals surface area contributed by atoms with Gasteiger partial charge in [0.1, 0.15) is 22.7 Å². The molecule has 0 saturated heterocycles. The monoisotopic (exact) mass is 651 g/mol. The van der Waals surface area contributed by atoms with Gasteiger partial charge in [0.05, 0.1) is 22.2 Å². The molecule has 3 heterocycles. The van der Waals surface area contributed by atoms with Crippen LogP contribution in [0, 0.1) is 0 Å². The minimum Gasteiger partial charge on any atom is -0.456 e. The Morgan fingerprint density at radius 3 is 1.73 bits per heavy atom. The van der Waals surface area contributed by atoms with Crippen molar-refractivity contribution in [2.75, 3.05) is 0 Å². The summed E-state index contributed by atoms with van der Waals surface area (Å²) in [4.78, 5) is 5.23. The molecule has 0 unspecified atom stereocenters.